The van der Waals surface area contributed by atoms with Crippen molar-refractivity contribution in [2.75, 3.05) is 40.9 Å². The molecule has 0 aliphatic heterocycles. The van der Waals surface area contributed by atoms with Gasteiger partial charge in [-0.05, 0) is 128 Å². The highest BCUT2D eigenvalue weighted by atomic mass is 31.2. The Morgan fingerprint density at radius 2 is 0.790 bits per heavy atom. The number of nitrogens with zero attached hydrogens (tertiary/aromatic N) is 1. The van der Waals surface area contributed by atoms with Gasteiger partial charge in [0.1, 0.15) is 19.3 Å². The van der Waals surface area contributed by atoms with Gasteiger partial charge in [0, 0.05) is 12.8 Å². The molecule has 1 amide bonds. The van der Waals surface area contributed by atoms with E-state index in [4.69, 9.17) is 13.8 Å². The number of rotatable bonds is 56. The van der Waals surface area contributed by atoms with Gasteiger partial charge >= 0.3 is 5.97 Å². The van der Waals surface area contributed by atoms with Gasteiger partial charge in [0.25, 0.3) is 7.82 Å². The SMILES string of the molecule is CC/C=C\C/C=C\C/C=C\C/C=C\C/C=C\C/C=C\CCCCCCC(=O)OC(/C=C/CCCCCCCCCCCCC)C(COP(=O)([O-])OCC[N+](C)(C)C)NC(=O)CCCCC/C=C\C/C=C\C/C=C\C/C=C\C/C=C\CC. The molecule has 0 spiro atoms. The minimum absolute atomic E-state index is 0.0421. The number of allylic oxidation sites excluding steroid dienone is 23. The van der Waals surface area contributed by atoms with Crippen LogP contribution in [0.15, 0.2) is 146 Å². The van der Waals surface area contributed by atoms with Gasteiger partial charge in [-0.1, -0.05) is 244 Å². The van der Waals surface area contributed by atoms with Crippen LogP contribution >= 0.6 is 7.82 Å². The van der Waals surface area contributed by atoms with E-state index in [0.717, 1.165) is 135 Å². The molecule has 0 aromatic carbocycles. The normalized spacial score (nSPS) is 14.6. The summed E-state index contributed by atoms with van der Waals surface area (Å²) in [5, 5.41) is 3.00. The summed E-state index contributed by atoms with van der Waals surface area (Å²) in [6.07, 6.45) is 85.3. The fourth-order valence-electron chi connectivity index (χ4n) is 8.37. The molecule has 9 nitrogen and oxygen atoms in total. The molecule has 0 saturated carbocycles. The van der Waals surface area contributed by atoms with E-state index in [-0.39, 0.29) is 31.3 Å². The monoisotopic (exact) mass is 1140 g/mol. The Kier molecular flexibility index (Phi) is 56.1. The van der Waals surface area contributed by atoms with Crippen LogP contribution in [0.5, 0.6) is 0 Å². The van der Waals surface area contributed by atoms with Gasteiger partial charge in [0.05, 0.1) is 33.8 Å². The molecule has 0 aromatic heterocycles. The smallest absolute Gasteiger partial charge is 0.306 e. The second-order valence-electron chi connectivity index (χ2n) is 22.1. The molecule has 81 heavy (non-hydrogen) atoms. The van der Waals surface area contributed by atoms with E-state index in [1.54, 1.807) is 0 Å². The van der Waals surface area contributed by atoms with E-state index in [0.29, 0.717) is 23.9 Å². The molecule has 3 unspecified atom stereocenters. The van der Waals surface area contributed by atoms with Gasteiger partial charge in [-0.3, -0.25) is 14.2 Å². The van der Waals surface area contributed by atoms with Crippen molar-refractivity contribution in [2.24, 2.45) is 0 Å². The van der Waals surface area contributed by atoms with Gasteiger partial charge in [-0.2, -0.15) is 0 Å². The van der Waals surface area contributed by atoms with Crippen LogP contribution in [0, 0.1) is 0 Å². The Bertz CT molecular complexity index is 1890. The lowest BCUT2D eigenvalue weighted by Gasteiger charge is -2.30. The zero-order valence-corrected chi connectivity index (χ0v) is 53.3. The zero-order valence-electron chi connectivity index (χ0n) is 52.4. The number of amides is 1. The molecule has 10 heteroatoms. The lowest BCUT2D eigenvalue weighted by atomic mass is 10.0. The second-order valence-corrected chi connectivity index (χ2v) is 23.6. The van der Waals surface area contributed by atoms with Crippen LogP contribution in [0.1, 0.15) is 239 Å². The van der Waals surface area contributed by atoms with Gasteiger partial charge in [-0.25, -0.2) is 0 Å². The predicted molar refractivity (Wildman–Crippen MR) is 348 cm³/mol. The second kappa shape index (κ2) is 59.1. The van der Waals surface area contributed by atoms with Crippen LogP contribution in [0.2, 0.25) is 0 Å². The highest BCUT2D eigenvalue weighted by Crippen LogP contribution is 2.38. The third kappa shape index (κ3) is 60.3. The minimum atomic E-state index is -4.73. The van der Waals surface area contributed by atoms with Gasteiger partial charge in [-0.15, -0.1) is 0 Å². The van der Waals surface area contributed by atoms with E-state index in [9.17, 15) is 19.0 Å². The largest absolute Gasteiger partial charge is 0.756 e. The molecular weight excluding hydrogens is 1020 g/mol. The molecule has 0 radical (unpaired) electrons. The van der Waals surface area contributed by atoms with Crippen LogP contribution in [0.25, 0.3) is 0 Å². The summed E-state index contributed by atoms with van der Waals surface area (Å²) in [6.45, 7) is 6.55. The number of hydrogen-bond acceptors (Lipinski definition) is 7. The quantitative estimate of drug-likeness (QED) is 0.0212. The van der Waals surface area contributed by atoms with E-state index in [1.165, 1.54) is 57.8 Å². The maximum Gasteiger partial charge on any atom is 0.306 e. The maximum absolute atomic E-state index is 13.5. The maximum atomic E-state index is 13.5. The van der Waals surface area contributed by atoms with Crippen molar-refractivity contribution in [2.45, 2.75) is 251 Å². The van der Waals surface area contributed by atoms with Crippen LogP contribution < -0.4 is 10.2 Å². The van der Waals surface area contributed by atoms with E-state index in [1.807, 2.05) is 33.3 Å². The van der Waals surface area contributed by atoms with Crippen LogP contribution in [0.3, 0.4) is 0 Å². The van der Waals surface area contributed by atoms with E-state index < -0.39 is 26.6 Å². The fourth-order valence-corrected chi connectivity index (χ4v) is 9.10. The molecule has 0 aliphatic rings. The standard InChI is InChI=1S/C71H119N2O7P/c1-7-10-13-16-19-22-25-28-30-32-34-35-36-37-39-41-43-46-49-52-55-58-61-64-71(75)80-69(62-59-56-53-50-47-44-27-24-21-18-15-12-9-3)68(67-79-81(76,77)78-66-65-73(4,5)6)72-70(74)63-60-57-54-51-48-45-42-40-38-33-31-29-26-23-20-17-14-11-8-2/h10-11,13-14,19-20,22-23,28-31,34-35,37-40,43,45-46,48,59,62,68-69H,7-9,12,15-18,21,24-27,32-33,36,41-42,44,47,49-58,60-61,63-67H2,1-6H3,(H-,72,74,76,77)/b13-10-,14-11-,22-19-,23-20-,30-28-,31-29-,35-34-,39-37-,40-38-,46-43-,48-45-,62-59+. The molecule has 0 aliphatic carbocycles. The highest BCUT2D eigenvalue weighted by Gasteiger charge is 2.27. The lowest BCUT2D eigenvalue weighted by molar-refractivity contribution is -0.870. The van der Waals surface area contributed by atoms with E-state index >= 15 is 0 Å². The predicted octanol–water partition coefficient (Wildman–Crippen LogP) is 19.6. The van der Waals surface area contributed by atoms with Crippen molar-refractivity contribution < 1.29 is 37.3 Å². The number of phosphoric ester groups is 1. The Balaban J connectivity index is 5.38. The first-order chi connectivity index (χ1) is 39.4. The summed E-state index contributed by atoms with van der Waals surface area (Å²) < 4.78 is 30.3. The van der Waals surface area contributed by atoms with Crippen molar-refractivity contribution in [3.8, 4) is 0 Å². The molecule has 0 saturated heterocycles. The van der Waals surface area contributed by atoms with Crippen molar-refractivity contribution in [1.82, 2.24) is 5.32 Å². The van der Waals surface area contributed by atoms with Gasteiger partial charge in [0.15, 0.2) is 0 Å². The summed E-state index contributed by atoms with van der Waals surface area (Å²) in [7, 11) is 1.12. The number of phosphoric acid groups is 1. The first-order valence-corrected chi connectivity index (χ1v) is 33.6. The molecule has 0 aromatic rings. The number of esters is 1. The summed E-state index contributed by atoms with van der Waals surface area (Å²) in [6, 6.07) is -0.929. The van der Waals surface area contributed by atoms with Gasteiger partial charge < -0.3 is 28.5 Å². The average Bonchev–Trinajstić information content (AvgIpc) is 3.44. The minimum Gasteiger partial charge on any atom is -0.756 e. The van der Waals surface area contributed by atoms with Crippen LogP contribution in [0.4, 0.5) is 0 Å². The summed E-state index contributed by atoms with van der Waals surface area (Å²) in [5.41, 5.74) is 0. The number of likely N-dealkylation sites (N-methyl/N-ethyl adjacent to an activating group) is 1. The molecule has 1 N–H and O–H groups in total. The topological polar surface area (TPSA) is 114 Å². The molecular formula is C71H119N2O7P. The Hall–Kier alpha value is -4.11. The van der Waals surface area contributed by atoms with Crippen molar-refractivity contribution in [3.05, 3.63) is 146 Å². The number of hydrogen-bond donors (Lipinski definition) is 1. The van der Waals surface area contributed by atoms with Crippen LogP contribution in [-0.4, -0.2) is 69.4 Å². The third-order valence-electron chi connectivity index (χ3n) is 13.3. The van der Waals surface area contributed by atoms with Crippen molar-refractivity contribution >= 4 is 19.7 Å². The Morgan fingerprint density at radius 1 is 0.444 bits per heavy atom. The Labute approximate surface area is 498 Å². The van der Waals surface area contributed by atoms with Crippen molar-refractivity contribution in [1.29, 1.82) is 0 Å². The molecule has 0 fully saturated rings. The molecule has 0 bridgehead atoms. The summed E-state index contributed by atoms with van der Waals surface area (Å²) in [5.74, 6) is -0.619. The van der Waals surface area contributed by atoms with E-state index in [2.05, 4.69) is 160 Å². The number of carbonyl (C=O) groups excluding carboxylic acids is 2. The number of unbranched alkanes of at least 4 members (excludes halogenated alkanes) is 18. The molecule has 3 atom stereocenters. The lowest BCUT2D eigenvalue weighted by Crippen LogP contribution is -2.47. The van der Waals surface area contributed by atoms with Crippen LogP contribution in [-0.2, 0) is 27.9 Å². The van der Waals surface area contributed by atoms with Gasteiger partial charge in [0.2, 0.25) is 5.91 Å². The average molecular weight is 1140 g/mol. The fraction of sp³-hybridized carbons (Fsp3) is 0.634. The zero-order chi connectivity index (χ0) is 59.3. The first kappa shape index (κ1) is 76.9. The molecule has 0 heterocycles. The van der Waals surface area contributed by atoms with Crippen molar-refractivity contribution in [3.63, 3.8) is 0 Å². The molecule has 0 rings (SSSR count). The Morgan fingerprint density at radius 3 is 1.20 bits per heavy atom. The highest BCUT2D eigenvalue weighted by molar-refractivity contribution is 7.45. The number of carbonyl (C=O) groups is 2. The first-order valence-electron chi connectivity index (χ1n) is 32.1. The summed E-state index contributed by atoms with van der Waals surface area (Å²) >= 11 is 0. The third-order valence-corrected chi connectivity index (χ3v) is 14.2. The number of nitrogens with one attached hydrogen (secondary N) is 1. The summed E-state index contributed by atoms with van der Waals surface area (Å²) in [4.78, 5) is 40.1. The number of ether oxygens (including phenoxy) is 1. The molecule has 460 valence electrons. The number of quaternary nitrogens is 1.